The van der Waals surface area contributed by atoms with Gasteiger partial charge in [0, 0.05) is 27.8 Å². The van der Waals surface area contributed by atoms with Crippen LogP contribution in [0.5, 0.6) is 0 Å². The van der Waals surface area contributed by atoms with Crippen molar-refractivity contribution in [2.24, 2.45) is 5.92 Å². The molecule has 224 valence electrons. The number of hydrogen-bond acceptors (Lipinski definition) is 7. The van der Waals surface area contributed by atoms with Crippen molar-refractivity contribution in [3.8, 4) is 0 Å². The predicted molar refractivity (Wildman–Crippen MR) is 150 cm³/mol. The molecule has 1 aromatic carbocycles. The van der Waals surface area contributed by atoms with Gasteiger partial charge in [0.15, 0.2) is 0 Å². The van der Waals surface area contributed by atoms with Crippen LogP contribution in [0.4, 0.5) is 0 Å². The molecule has 1 aliphatic rings. The van der Waals surface area contributed by atoms with E-state index in [9.17, 15) is 24.3 Å². The number of amides is 4. The predicted octanol–water partition coefficient (Wildman–Crippen LogP) is 1.25. The summed E-state index contributed by atoms with van der Waals surface area (Å²) < 4.78 is 11.5. The van der Waals surface area contributed by atoms with Gasteiger partial charge in [-0.05, 0) is 31.7 Å². The molecule has 0 bridgehead atoms. The summed E-state index contributed by atoms with van der Waals surface area (Å²) in [4.78, 5) is 53.1. The molecule has 3 N–H and O–H groups in total. The van der Waals surface area contributed by atoms with E-state index in [-0.39, 0.29) is 42.8 Å². The summed E-state index contributed by atoms with van der Waals surface area (Å²) in [6.45, 7) is 5.83. The van der Waals surface area contributed by atoms with Crippen LogP contribution in [0.1, 0.15) is 58.1 Å². The Bertz CT molecular complexity index is 963. The average molecular weight is 563 g/mol. The van der Waals surface area contributed by atoms with E-state index >= 15 is 0 Å². The number of hydrogen-bond donors (Lipinski definition) is 3. The number of carbonyl (C=O) groups excluding carboxylic acids is 4. The first kappa shape index (κ1) is 33.2. The number of likely N-dealkylation sites (tertiary alicyclic amines) is 1. The number of aliphatic hydroxyl groups is 1. The minimum atomic E-state index is -0.861. The van der Waals surface area contributed by atoms with Crippen LogP contribution in [0, 0.1) is 5.92 Å². The molecule has 1 saturated heterocycles. The van der Waals surface area contributed by atoms with Gasteiger partial charge in [0.2, 0.25) is 24.1 Å². The molecule has 0 spiro atoms. The van der Waals surface area contributed by atoms with E-state index in [4.69, 9.17) is 9.47 Å². The fourth-order valence-corrected chi connectivity index (χ4v) is 5.55. The van der Waals surface area contributed by atoms with Crippen LogP contribution in [0.3, 0.4) is 0 Å². The van der Waals surface area contributed by atoms with Crippen molar-refractivity contribution >= 4 is 24.1 Å². The highest BCUT2D eigenvalue weighted by Gasteiger charge is 2.41. The van der Waals surface area contributed by atoms with E-state index in [2.05, 4.69) is 10.6 Å². The molecule has 11 heteroatoms. The summed E-state index contributed by atoms with van der Waals surface area (Å²) >= 11 is 0. The summed E-state index contributed by atoms with van der Waals surface area (Å²) in [6.07, 6.45) is 0.592. The number of benzene rings is 1. The Morgan fingerprint density at radius 3 is 2.42 bits per heavy atom. The van der Waals surface area contributed by atoms with E-state index in [0.29, 0.717) is 31.4 Å². The number of aliphatic hydroxyl groups excluding tert-OH is 1. The van der Waals surface area contributed by atoms with Crippen molar-refractivity contribution in [1.29, 1.82) is 0 Å². The van der Waals surface area contributed by atoms with E-state index < -0.39 is 30.3 Å². The van der Waals surface area contributed by atoms with Gasteiger partial charge < -0.3 is 35.0 Å². The number of ether oxygens (including phenoxy) is 2. The van der Waals surface area contributed by atoms with Crippen molar-refractivity contribution in [3.05, 3.63) is 35.9 Å². The molecule has 7 unspecified atom stereocenters. The zero-order valence-electron chi connectivity index (χ0n) is 24.5. The van der Waals surface area contributed by atoms with E-state index in [1.807, 2.05) is 37.3 Å². The van der Waals surface area contributed by atoms with Crippen molar-refractivity contribution in [2.75, 3.05) is 34.4 Å². The zero-order chi connectivity index (χ0) is 29.8. The number of nitrogens with one attached hydrogen (secondary N) is 2. The topological polar surface area (TPSA) is 138 Å². The molecular formula is C29H46N4O7. The molecule has 7 atom stereocenters. The monoisotopic (exact) mass is 562 g/mol. The van der Waals surface area contributed by atoms with Gasteiger partial charge >= 0.3 is 0 Å². The van der Waals surface area contributed by atoms with Crippen molar-refractivity contribution in [1.82, 2.24) is 20.4 Å². The molecule has 0 aliphatic carbocycles. The first-order valence-electron chi connectivity index (χ1n) is 13.9. The van der Waals surface area contributed by atoms with Crippen molar-refractivity contribution in [3.63, 3.8) is 0 Å². The summed E-state index contributed by atoms with van der Waals surface area (Å²) in [5.41, 5.74) is 0.712. The molecule has 11 nitrogen and oxygen atoms in total. The number of methoxy groups -OCH3 is 2. The number of likely N-dealkylation sites (N-methyl/N-ethyl adjacent to an activating group) is 1. The highest BCUT2D eigenvalue weighted by molar-refractivity contribution is 5.81. The molecule has 1 heterocycles. The fourth-order valence-electron chi connectivity index (χ4n) is 5.55. The smallest absolute Gasteiger partial charge is 0.242 e. The Labute approximate surface area is 237 Å². The Morgan fingerprint density at radius 1 is 1.18 bits per heavy atom. The second kappa shape index (κ2) is 16.3. The van der Waals surface area contributed by atoms with Crippen LogP contribution in [0.2, 0.25) is 0 Å². The SMILES string of the molecule is CCC(C(CC(=O)N1CCCC1C(OC)C(C)C(=O)NC(C)C(O)c1ccccc1)OC)N(C)C(=O)CNC=O. The summed E-state index contributed by atoms with van der Waals surface area (Å²) in [6, 6.07) is 7.96. The van der Waals surface area contributed by atoms with E-state index in [1.54, 1.807) is 25.8 Å². The normalized spacial score (nSPS) is 19.6. The molecule has 0 aromatic heterocycles. The molecule has 1 fully saturated rings. The third-order valence-corrected chi connectivity index (χ3v) is 7.92. The Morgan fingerprint density at radius 2 is 1.85 bits per heavy atom. The number of nitrogens with zero attached hydrogens (tertiary/aromatic N) is 2. The average Bonchev–Trinajstić information content (AvgIpc) is 3.45. The first-order chi connectivity index (χ1) is 19.1. The van der Waals surface area contributed by atoms with E-state index in [0.717, 1.165) is 6.42 Å². The molecule has 1 aliphatic heterocycles. The van der Waals surface area contributed by atoms with Crippen LogP contribution in [0.15, 0.2) is 30.3 Å². The van der Waals surface area contributed by atoms with Gasteiger partial charge in [-0.25, -0.2) is 0 Å². The Kier molecular flexibility index (Phi) is 13.5. The summed E-state index contributed by atoms with van der Waals surface area (Å²) in [5.74, 6) is -1.26. The van der Waals surface area contributed by atoms with Gasteiger partial charge in [-0.3, -0.25) is 19.2 Å². The van der Waals surface area contributed by atoms with Gasteiger partial charge in [-0.2, -0.15) is 0 Å². The Hall–Kier alpha value is -3.02. The van der Waals surface area contributed by atoms with Gasteiger partial charge in [0.05, 0.1) is 55.3 Å². The third kappa shape index (κ3) is 8.49. The summed E-state index contributed by atoms with van der Waals surface area (Å²) in [5, 5.41) is 16.0. The zero-order valence-corrected chi connectivity index (χ0v) is 24.5. The second-order valence-corrected chi connectivity index (χ2v) is 10.4. The molecular weight excluding hydrogens is 516 g/mol. The minimum absolute atomic E-state index is 0.0571. The van der Waals surface area contributed by atoms with Gasteiger partial charge in [0.25, 0.3) is 0 Å². The maximum Gasteiger partial charge on any atom is 0.242 e. The lowest BCUT2D eigenvalue weighted by Crippen LogP contribution is -2.53. The highest BCUT2D eigenvalue weighted by atomic mass is 16.5. The lowest BCUT2D eigenvalue weighted by atomic mass is 9.93. The number of carbonyl (C=O) groups is 4. The van der Waals surface area contributed by atoms with Gasteiger partial charge in [-0.1, -0.05) is 44.2 Å². The molecule has 4 amide bonds. The van der Waals surface area contributed by atoms with Crippen LogP contribution in [-0.4, -0.2) is 104 Å². The molecule has 0 saturated carbocycles. The van der Waals surface area contributed by atoms with E-state index in [1.165, 1.54) is 19.1 Å². The maximum atomic E-state index is 13.5. The minimum Gasteiger partial charge on any atom is -0.386 e. The fraction of sp³-hybridized carbons (Fsp3) is 0.655. The largest absolute Gasteiger partial charge is 0.386 e. The van der Waals surface area contributed by atoms with Crippen molar-refractivity contribution < 1.29 is 33.8 Å². The molecule has 2 rings (SSSR count). The van der Waals surface area contributed by atoms with Gasteiger partial charge in [-0.15, -0.1) is 0 Å². The Balaban J connectivity index is 2.08. The molecule has 0 radical (unpaired) electrons. The molecule has 1 aromatic rings. The van der Waals surface area contributed by atoms with Crippen LogP contribution >= 0.6 is 0 Å². The van der Waals surface area contributed by atoms with Gasteiger partial charge in [0.1, 0.15) is 0 Å². The number of rotatable bonds is 16. The quantitative estimate of drug-likeness (QED) is 0.258. The second-order valence-electron chi connectivity index (χ2n) is 10.4. The van der Waals surface area contributed by atoms with Crippen molar-refractivity contribution in [2.45, 2.75) is 82.9 Å². The lowest BCUT2D eigenvalue weighted by molar-refractivity contribution is -0.144. The van der Waals surface area contributed by atoms with Crippen LogP contribution in [-0.2, 0) is 28.7 Å². The molecule has 40 heavy (non-hydrogen) atoms. The van der Waals surface area contributed by atoms with Crippen LogP contribution in [0.25, 0.3) is 0 Å². The first-order valence-corrected chi connectivity index (χ1v) is 13.9. The highest BCUT2D eigenvalue weighted by Crippen LogP contribution is 2.28. The standard InChI is InChI=1S/C29H46N4O7/c1-7-22(32(4)26(36)17-30-18-34)24(39-5)16-25(35)33-15-11-14-23(33)28(40-6)19(2)29(38)31-20(3)27(37)21-12-9-8-10-13-21/h8-10,12-13,18-20,22-24,27-28,37H,7,11,14-17H2,1-6H3,(H,30,34)(H,31,38). The summed E-state index contributed by atoms with van der Waals surface area (Å²) in [7, 11) is 4.69. The lowest BCUT2D eigenvalue weighted by Gasteiger charge is -2.37. The third-order valence-electron chi connectivity index (χ3n) is 7.92. The van der Waals surface area contributed by atoms with Crippen LogP contribution < -0.4 is 10.6 Å². The maximum absolute atomic E-state index is 13.5.